The average Bonchev–Trinajstić information content (AvgIpc) is 2.67. The monoisotopic (exact) mass is 198 g/mol. The molecule has 4 nitrogen and oxygen atoms in total. The molecule has 0 radical (unpaired) electrons. The first-order chi connectivity index (χ1) is 6.52. The van der Waals surface area contributed by atoms with Gasteiger partial charge in [-0.1, -0.05) is 20.8 Å². The first-order valence-electron chi connectivity index (χ1n) is 4.88. The van der Waals surface area contributed by atoms with Crippen molar-refractivity contribution in [3.8, 4) is 0 Å². The molecule has 4 heteroatoms. The van der Waals surface area contributed by atoms with Gasteiger partial charge in [-0.3, -0.25) is 0 Å². The van der Waals surface area contributed by atoms with Crippen LogP contribution in [0.4, 0.5) is 0 Å². The lowest BCUT2D eigenvalue weighted by atomic mass is 9.80. The van der Waals surface area contributed by atoms with Crippen LogP contribution < -0.4 is 5.73 Å². The highest BCUT2D eigenvalue weighted by Gasteiger charge is 2.38. The van der Waals surface area contributed by atoms with Gasteiger partial charge in [0.2, 0.25) is 0 Å². The van der Waals surface area contributed by atoms with Gasteiger partial charge in [0.05, 0.1) is 17.8 Å². The number of rotatable bonds is 4. The normalized spacial score (nSPS) is 18.1. The second kappa shape index (κ2) is 4.11. The van der Waals surface area contributed by atoms with Crippen molar-refractivity contribution >= 4 is 0 Å². The molecule has 80 valence electrons. The fraction of sp³-hybridized carbons (Fsp3) is 0.700. The summed E-state index contributed by atoms with van der Waals surface area (Å²) in [6.07, 6.45) is 3.46. The lowest BCUT2D eigenvalue weighted by molar-refractivity contribution is -0.0383. The van der Waals surface area contributed by atoms with Crippen LogP contribution in [0, 0.1) is 5.92 Å². The molecule has 0 aliphatic heterocycles. The largest absolute Gasteiger partial charge is 0.447 e. The van der Waals surface area contributed by atoms with Crippen LogP contribution in [0.25, 0.3) is 0 Å². The Morgan fingerprint density at radius 2 is 2.29 bits per heavy atom. The molecule has 0 bridgehead atoms. The number of aromatic nitrogens is 1. The number of nitrogens with two attached hydrogens (primary N) is 1. The lowest BCUT2D eigenvalue weighted by Crippen LogP contribution is -2.45. The Balaban J connectivity index is 2.90. The van der Waals surface area contributed by atoms with Crippen molar-refractivity contribution in [2.45, 2.75) is 38.8 Å². The van der Waals surface area contributed by atoms with E-state index >= 15 is 0 Å². The van der Waals surface area contributed by atoms with Gasteiger partial charge in [-0.2, -0.15) is 0 Å². The van der Waals surface area contributed by atoms with Gasteiger partial charge >= 0.3 is 0 Å². The van der Waals surface area contributed by atoms with Gasteiger partial charge in [0, 0.05) is 0 Å². The molecule has 2 unspecified atom stereocenters. The molecule has 0 amide bonds. The van der Waals surface area contributed by atoms with E-state index in [9.17, 15) is 5.11 Å². The van der Waals surface area contributed by atoms with Crippen molar-refractivity contribution in [1.82, 2.24) is 4.98 Å². The molecule has 1 aromatic rings. The Bertz CT molecular complexity index is 272. The smallest absolute Gasteiger partial charge is 0.180 e. The molecule has 0 aromatic carbocycles. The van der Waals surface area contributed by atoms with Crippen molar-refractivity contribution in [2.24, 2.45) is 11.7 Å². The summed E-state index contributed by atoms with van der Waals surface area (Å²) in [7, 11) is 0. The molecule has 3 N–H and O–H groups in total. The van der Waals surface area contributed by atoms with Crippen molar-refractivity contribution < 1.29 is 9.52 Å². The molecule has 14 heavy (non-hydrogen) atoms. The van der Waals surface area contributed by atoms with Crippen LogP contribution in [0.3, 0.4) is 0 Å². The van der Waals surface area contributed by atoms with E-state index in [-0.39, 0.29) is 5.92 Å². The van der Waals surface area contributed by atoms with E-state index in [1.807, 2.05) is 20.8 Å². The minimum atomic E-state index is -0.931. The molecule has 2 atom stereocenters. The summed E-state index contributed by atoms with van der Waals surface area (Å²) in [5.41, 5.74) is 5.01. The van der Waals surface area contributed by atoms with Crippen molar-refractivity contribution in [2.75, 3.05) is 0 Å². The van der Waals surface area contributed by atoms with Gasteiger partial charge in [-0.05, 0) is 12.3 Å². The van der Waals surface area contributed by atoms with E-state index < -0.39 is 11.6 Å². The highest BCUT2D eigenvalue weighted by Crippen LogP contribution is 2.32. The third-order valence-corrected chi connectivity index (χ3v) is 2.86. The average molecular weight is 198 g/mol. The maximum atomic E-state index is 10.3. The minimum absolute atomic E-state index is 0.0765. The molecule has 0 aliphatic rings. The quantitative estimate of drug-likeness (QED) is 0.768. The van der Waals surface area contributed by atoms with E-state index in [1.165, 1.54) is 6.39 Å². The Hall–Kier alpha value is -0.870. The van der Waals surface area contributed by atoms with Gasteiger partial charge in [-0.15, -0.1) is 0 Å². The van der Waals surface area contributed by atoms with Gasteiger partial charge in [0.1, 0.15) is 5.76 Å². The number of nitrogens with zero attached hydrogens (tertiary/aromatic N) is 1. The molecule has 0 saturated heterocycles. The summed E-state index contributed by atoms with van der Waals surface area (Å²) in [4.78, 5) is 3.79. The Labute approximate surface area is 84.1 Å². The van der Waals surface area contributed by atoms with E-state index in [4.69, 9.17) is 10.2 Å². The maximum Gasteiger partial charge on any atom is 0.180 e. The number of hydrogen-bond donors (Lipinski definition) is 2. The van der Waals surface area contributed by atoms with Crippen LogP contribution in [0.5, 0.6) is 0 Å². The predicted octanol–water partition coefficient (Wildman–Crippen LogP) is 1.47. The van der Waals surface area contributed by atoms with Crippen molar-refractivity contribution in [3.05, 3.63) is 18.4 Å². The van der Waals surface area contributed by atoms with Crippen LogP contribution in [0.15, 0.2) is 17.0 Å². The zero-order valence-corrected chi connectivity index (χ0v) is 8.90. The van der Waals surface area contributed by atoms with Crippen LogP contribution in [0.2, 0.25) is 0 Å². The summed E-state index contributed by atoms with van der Waals surface area (Å²) in [6, 6.07) is -0.519. The third kappa shape index (κ3) is 1.81. The standard InChI is InChI=1S/C10H18N2O2/c1-4-10(13,7(2)3)9(11)8-5-12-6-14-8/h5-7,9,13H,4,11H2,1-3H3. The highest BCUT2D eigenvalue weighted by atomic mass is 16.3. The molecule has 0 saturated carbocycles. The van der Waals surface area contributed by atoms with E-state index in [0.717, 1.165) is 0 Å². The molecular formula is C10H18N2O2. The van der Waals surface area contributed by atoms with Crippen LogP contribution in [-0.4, -0.2) is 15.7 Å². The first kappa shape index (κ1) is 11.2. The third-order valence-electron chi connectivity index (χ3n) is 2.86. The van der Waals surface area contributed by atoms with E-state index in [1.54, 1.807) is 6.20 Å². The summed E-state index contributed by atoms with van der Waals surface area (Å²) in [5, 5.41) is 10.3. The molecule has 1 rings (SSSR count). The van der Waals surface area contributed by atoms with Crippen LogP contribution in [-0.2, 0) is 0 Å². The first-order valence-corrected chi connectivity index (χ1v) is 4.88. The maximum absolute atomic E-state index is 10.3. The van der Waals surface area contributed by atoms with Crippen LogP contribution in [0.1, 0.15) is 39.0 Å². The fourth-order valence-corrected chi connectivity index (χ4v) is 1.61. The molecule has 1 aromatic heterocycles. The summed E-state index contributed by atoms with van der Waals surface area (Å²) >= 11 is 0. The number of hydrogen-bond acceptors (Lipinski definition) is 4. The second-order valence-corrected chi connectivity index (χ2v) is 3.88. The predicted molar refractivity (Wildman–Crippen MR) is 53.5 cm³/mol. The number of aliphatic hydroxyl groups is 1. The van der Waals surface area contributed by atoms with Crippen molar-refractivity contribution in [3.63, 3.8) is 0 Å². The molecule has 0 spiro atoms. The SMILES string of the molecule is CCC(O)(C(C)C)C(N)c1cnco1. The molecule has 0 fully saturated rings. The highest BCUT2D eigenvalue weighted by molar-refractivity contribution is 5.06. The topological polar surface area (TPSA) is 72.3 Å². The van der Waals surface area contributed by atoms with E-state index in [0.29, 0.717) is 12.2 Å². The Morgan fingerprint density at radius 3 is 2.64 bits per heavy atom. The summed E-state index contributed by atoms with van der Waals surface area (Å²) < 4.78 is 5.10. The van der Waals surface area contributed by atoms with Gasteiger partial charge in [0.15, 0.2) is 6.39 Å². The fourth-order valence-electron chi connectivity index (χ4n) is 1.61. The summed E-state index contributed by atoms with van der Waals surface area (Å²) in [5.74, 6) is 0.607. The van der Waals surface area contributed by atoms with Crippen LogP contribution >= 0.6 is 0 Å². The molecule has 0 aliphatic carbocycles. The van der Waals surface area contributed by atoms with Crippen molar-refractivity contribution in [1.29, 1.82) is 0 Å². The molecular weight excluding hydrogens is 180 g/mol. The van der Waals surface area contributed by atoms with Gasteiger partial charge in [-0.25, -0.2) is 4.98 Å². The summed E-state index contributed by atoms with van der Waals surface area (Å²) in [6.45, 7) is 5.80. The van der Waals surface area contributed by atoms with Gasteiger partial charge < -0.3 is 15.3 Å². The minimum Gasteiger partial charge on any atom is -0.447 e. The zero-order valence-electron chi connectivity index (χ0n) is 8.90. The molecule has 1 heterocycles. The lowest BCUT2D eigenvalue weighted by Gasteiger charge is -2.35. The second-order valence-electron chi connectivity index (χ2n) is 3.88. The Kier molecular flexibility index (Phi) is 3.29. The van der Waals surface area contributed by atoms with Gasteiger partial charge in [0.25, 0.3) is 0 Å². The Morgan fingerprint density at radius 1 is 1.64 bits per heavy atom. The zero-order chi connectivity index (χ0) is 10.8. The number of oxazole rings is 1. The van der Waals surface area contributed by atoms with E-state index in [2.05, 4.69) is 4.98 Å².